The predicted molar refractivity (Wildman–Crippen MR) is 114 cm³/mol. The Kier molecular flexibility index (Phi) is 6.04. The molecule has 6 nitrogen and oxygen atoms in total. The van der Waals surface area contributed by atoms with Crippen molar-refractivity contribution in [2.45, 2.75) is 26.6 Å². The Morgan fingerprint density at radius 1 is 1.00 bits per heavy atom. The molecule has 0 atom stereocenters. The zero-order valence-corrected chi connectivity index (χ0v) is 17.6. The molecule has 2 aromatic carbocycles. The summed E-state index contributed by atoms with van der Waals surface area (Å²) in [5.74, 6) is -0.606. The summed E-state index contributed by atoms with van der Waals surface area (Å²) in [5, 5.41) is 0.867. The number of carbonyl (C=O) groups is 2. The van der Waals surface area contributed by atoms with Crippen LogP contribution in [0.4, 0.5) is 4.39 Å². The summed E-state index contributed by atoms with van der Waals surface area (Å²) in [5.41, 5.74) is 1.70. The SMILES string of the molecule is CC(C)OCc1c(C(=O)N2CCN(C(=O)c3cccc(F)c3)CC2)oc2ccccc12. The van der Waals surface area contributed by atoms with Crippen LogP contribution < -0.4 is 0 Å². The van der Waals surface area contributed by atoms with Crippen molar-refractivity contribution in [3.05, 3.63) is 71.2 Å². The van der Waals surface area contributed by atoms with Crippen LogP contribution in [0.1, 0.15) is 40.3 Å². The first kappa shape index (κ1) is 21.1. The van der Waals surface area contributed by atoms with Gasteiger partial charge in [0.25, 0.3) is 11.8 Å². The number of para-hydroxylation sites is 1. The molecule has 1 fully saturated rings. The standard InChI is InChI=1S/C24H25FN2O4/c1-16(2)30-15-20-19-8-3-4-9-21(19)31-22(20)24(29)27-12-10-26(11-13-27)23(28)17-6-5-7-18(25)14-17/h3-9,14,16H,10-13,15H2,1-2H3. The van der Waals surface area contributed by atoms with Gasteiger partial charge in [-0.05, 0) is 38.1 Å². The number of hydrogen-bond donors (Lipinski definition) is 0. The maximum atomic E-state index is 13.4. The number of rotatable bonds is 5. The van der Waals surface area contributed by atoms with Gasteiger partial charge in [0.2, 0.25) is 0 Å². The summed E-state index contributed by atoms with van der Waals surface area (Å²) < 4.78 is 25.1. The van der Waals surface area contributed by atoms with Crippen molar-refractivity contribution in [2.24, 2.45) is 0 Å². The van der Waals surface area contributed by atoms with Crippen molar-refractivity contribution in [2.75, 3.05) is 26.2 Å². The van der Waals surface area contributed by atoms with Crippen LogP contribution in [0.2, 0.25) is 0 Å². The summed E-state index contributed by atoms with van der Waals surface area (Å²) in [6, 6.07) is 13.2. The Morgan fingerprint density at radius 2 is 1.68 bits per heavy atom. The summed E-state index contributed by atoms with van der Waals surface area (Å²) >= 11 is 0. The molecule has 1 aliphatic rings. The van der Waals surface area contributed by atoms with E-state index in [0.717, 1.165) is 10.9 Å². The molecule has 2 heterocycles. The average Bonchev–Trinajstić information content (AvgIpc) is 3.15. The fraction of sp³-hybridized carbons (Fsp3) is 0.333. The van der Waals surface area contributed by atoms with Gasteiger partial charge in [-0.1, -0.05) is 24.3 Å². The van der Waals surface area contributed by atoms with Crippen molar-refractivity contribution < 1.29 is 23.1 Å². The molecule has 0 saturated carbocycles. The van der Waals surface area contributed by atoms with E-state index in [4.69, 9.17) is 9.15 Å². The molecule has 0 N–H and O–H groups in total. The van der Waals surface area contributed by atoms with Crippen LogP contribution in [0, 0.1) is 5.82 Å². The Bertz CT molecular complexity index is 1100. The molecule has 0 radical (unpaired) electrons. The number of carbonyl (C=O) groups excluding carboxylic acids is 2. The van der Waals surface area contributed by atoms with E-state index >= 15 is 0 Å². The molecule has 0 bridgehead atoms. The van der Waals surface area contributed by atoms with E-state index in [-0.39, 0.29) is 30.3 Å². The number of fused-ring (bicyclic) bond motifs is 1. The van der Waals surface area contributed by atoms with Gasteiger partial charge in [-0.25, -0.2) is 4.39 Å². The Balaban J connectivity index is 1.49. The number of amides is 2. The van der Waals surface area contributed by atoms with Crippen LogP contribution in [0.25, 0.3) is 11.0 Å². The Hall–Kier alpha value is -3.19. The largest absolute Gasteiger partial charge is 0.451 e. The normalized spacial score (nSPS) is 14.5. The van der Waals surface area contributed by atoms with E-state index in [9.17, 15) is 14.0 Å². The first-order valence-corrected chi connectivity index (χ1v) is 10.4. The van der Waals surface area contributed by atoms with Gasteiger partial charge < -0.3 is 19.0 Å². The molecular formula is C24H25FN2O4. The van der Waals surface area contributed by atoms with Crippen molar-refractivity contribution >= 4 is 22.8 Å². The topological polar surface area (TPSA) is 63.0 Å². The van der Waals surface area contributed by atoms with Crippen LogP contribution in [0.5, 0.6) is 0 Å². The minimum absolute atomic E-state index is 0.0222. The Labute approximate surface area is 180 Å². The molecule has 4 rings (SSSR count). The molecule has 1 aliphatic heterocycles. The smallest absolute Gasteiger partial charge is 0.290 e. The third-order valence-electron chi connectivity index (χ3n) is 5.38. The third-order valence-corrected chi connectivity index (χ3v) is 5.38. The maximum absolute atomic E-state index is 13.4. The van der Waals surface area contributed by atoms with Crippen molar-refractivity contribution in [3.8, 4) is 0 Å². The van der Waals surface area contributed by atoms with E-state index in [2.05, 4.69) is 0 Å². The maximum Gasteiger partial charge on any atom is 0.290 e. The van der Waals surface area contributed by atoms with Gasteiger partial charge in [-0.2, -0.15) is 0 Å². The predicted octanol–water partition coefficient (Wildman–Crippen LogP) is 4.10. The molecule has 162 valence electrons. The Morgan fingerprint density at radius 3 is 2.35 bits per heavy atom. The monoisotopic (exact) mass is 424 g/mol. The highest BCUT2D eigenvalue weighted by Gasteiger charge is 2.30. The second kappa shape index (κ2) is 8.89. The molecule has 1 aromatic heterocycles. The lowest BCUT2D eigenvalue weighted by Crippen LogP contribution is -2.50. The van der Waals surface area contributed by atoms with Crippen LogP contribution in [0.3, 0.4) is 0 Å². The van der Waals surface area contributed by atoms with Gasteiger partial charge in [-0.15, -0.1) is 0 Å². The summed E-state index contributed by atoms with van der Waals surface area (Å²) in [7, 11) is 0. The molecule has 7 heteroatoms. The van der Waals surface area contributed by atoms with Crippen molar-refractivity contribution in [1.82, 2.24) is 9.80 Å². The number of hydrogen-bond acceptors (Lipinski definition) is 4. The molecule has 0 aliphatic carbocycles. The first-order chi connectivity index (χ1) is 14.9. The zero-order valence-electron chi connectivity index (χ0n) is 17.6. The van der Waals surface area contributed by atoms with Gasteiger partial charge in [0.05, 0.1) is 12.7 Å². The van der Waals surface area contributed by atoms with Crippen LogP contribution in [-0.2, 0) is 11.3 Å². The van der Waals surface area contributed by atoms with Crippen molar-refractivity contribution in [1.29, 1.82) is 0 Å². The number of furan rings is 1. The molecule has 0 spiro atoms. The van der Waals surface area contributed by atoms with Crippen LogP contribution in [-0.4, -0.2) is 53.9 Å². The number of nitrogens with zero attached hydrogens (tertiary/aromatic N) is 2. The van der Waals surface area contributed by atoms with Gasteiger partial charge in [-0.3, -0.25) is 9.59 Å². The fourth-order valence-corrected chi connectivity index (χ4v) is 3.73. The molecule has 1 saturated heterocycles. The molecular weight excluding hydrogens is 399 g/mol. The highest BCUT2D eigenvalue weighted by molar-refractivity contribution is 5.99. The quantitative estimate of drug-likeness (QED) is 0.619. The number of halogens is 1. The lowest BCUT2D eigenvalue weighted by Gasteiger charge is -2.34. The van der Waals surface area contributed by atoms with E-state index in [1.165, 1.54) is 18.2 Å². The molecule has 31 heavy (non-hydrogen) atoms. The summed E-state index contributed by atoms with van der Waals surface area (Å²) in [6.07, 6.45) is 0.0222. The summed E-state index contributed by atoms with van der Waals surface area (Å²) in [4.78, 5) is 29.2. The van der Waals surface area contributed by atoms with Gasteiger partial charge >= 0.3 is 0 Å². The summed E-state index contributed by atoms with van der Waals surface area (Å²) in [6.45, 7) is 5.67. The number of piperazine rings is 1. The lowest BCUT2D eigenvalue weighted by molar-refractivity contribution is 0.0500. The van der Waals surface area contributed by atoms with E-state index < -0.39 is 5.82 Å². The number of ether oxygens (including phenoxy) is 1. The van der Waals surface area contributed by atoms with Gasteiger partial charge in [0.1, 0.15) is 11.4 Å². The van der Waals surface area contributed by atoms with E-state index in [1.807, 2.05) is 38.1 Å². The molecule has 0 unspecified atom stereocenters. The first-order valence-electron chi connectivity index (χ1n) is 10.4. The second-order valence-electron chi connectivity index (χ2n) is 7.86. The van der Waals surface area contributed by atoms with Gasteiger partial charge in [0, 0.05) is 42.7 Å². The highest BCUT2D eigenvalue weighted by atomic mass is 19.1. The van der Waals surface area contributed by atoms with Gasteiger partial charge in [0.15, 0.2) is 5.76 Å². The van der Waals surface area contributed by atoms with E-state index in [1.54, 1.807) is 15.9 Å². The molecule has 2 amide bonds. The minimum atomic E-state index is -0.444. The average molecular weight is 424 g/mol. The third kappa shape index (κ3) is 4.46. The molecule has 3 aromatic rings. The number of benzene rings is 2. The minimum Gasteiger partial charge on any atom is -0.451 e. The van der Waals surface area contributed by atoms with E-state index in [0.29, 0.717) is 37.3 Å². The highest BCUT2D eigenvalue weighted by Crippen LogP contribution is 2.28. The second-order valence-corrected chi connectivity index (χ2v) is 7.86. The van der Waals surface area contributed by atoms with Crippen LogP contribution in [0.15, 0.2) is 52.9 Å². The van der Waals surface area contributed by atoms with Crippen LogP contribution >= 0.6 is 0 Å². The van der Waals surface area contributed by atoms with Crippen molar-refractivity contribution in [3.63, 3.8) is 0 Å². The zero-order chi connectivity index (χ0) is 22.0. The lowest BCUT2D eigenvalue weighted by atomic mass is 10.1. The fourth-order valence-electron chi connectivity index (χ4n) is 3.73.